The third kappa shape index (κ3) is 1.94. The molecule has 0 atom stereocenters. The van der Waals surface area contributed by atoms with Crippen LogP contribution in [0.4, 0.5) is 0 Å². The van der Waals surface area contributed by atoms with Crippen molar-refractivity contribution in [2.24, 2.45) is 0 Å². The first kappa shape index (κ1) is 10.9. The first-order valence-electron chi connectivity index (χ1n) is 4.09. The predicted octanol–water partition coefficient (Wildman–Crippen LogP) is 2.42. The Kier molecular flexibility index (Phi) is 2.44. The molecule has 0 aromatic heterocycles. The minimum atomic E-state index is -0.127. The average Bonchev–Trinajstić information content (AvgIpc) is 1.58. The van der Waals surface area contributed by atoms with E-state index in [9.17, 15) is 5.21 Å². The van der Waals surface area contributed by atoms with Crippen molar-refractivity contribution in [1.82, 2.24) is 0 Å². The summed E-state index contributed by atoms with van der Waals surface area (Å²) in [5, 5.41) is 10.1. The molecule has 0 saturated carbocycles. The zero-order valence-corrected chi connectivity index (χ0v) is 8.89. The zero-order chi connectivity index (χ0) is 9.50. The molecule has 68 valence electrons. The van der Waals surface area contributed by atoms with Crippen LogP contribution in [0, 0.1) is 0 Å². The van der Waals surface area contributed by atoms with Gasteiger partial charge in [0.15, 0.2) is 0 Å². The van der Waals surface area contributed by atoms with Gasteiger partial charge >= 0.3 is 0 Å². The van der Waals surface area contributed by atoms with E-state index in [1.165, 1.54) is 0 Å². The van der Waals surface area contributed by atoms with E-state index in [2.05, 4.69) is 0 Å². The zero-order valence-electron chi connectivity index (χ0n) is 8.89. The fourth-order valence-electron chi connectivity index (χ4n) is 1.01. The molecular formula is C9H22NO+. The first-order valence-corrected chi connectivity index (χ1v) is 4.09. The number of nitrogens with zero attached hydrogens (tertiary/aromatic N) is 1. The Morgan fingerprint density at radius 2 is 1.00 bits per heavy atom. The normalized spacial score (nSPS) is 15.3. The summed E-state index contributed by atoms with van der Waals surface area (Å²) in [6.07, 6.45) is 0. The first-order chi connectivity index (χ1) is 4.50. The topological polar surface area (TPSA) is 20.2 Å². The molecule has 0 aliphatic heterocycles. The van der Waals surface area contributed by atoms with Crippen molar-refractivity contribution < 1.29 is 9.85 Å². The van der Waals surface area contributed by atoms with Gasteiger partial charge in [0.25, 0.3) is 0 Å². The number of quaternary nitrogens is 1. The molecule has 0 amide bonds. The van der Waals surface area contributed by atoms with Crippen LogP contribution in [0.5, 0.6) is 0 Å². The minimum Gasteiger partial charge on any atom is -0.216 e. The third-order valence-corrected chi connectivity index (χ3v) is 2.61. The highest BCUT2D eigenvalue weighted by Crippen LogP contribution is 2.29. The summed E-state index contributed by atoms with van der Waals surface area (Å²) < 4.78 is 0.0417. The van der Waals surface area contributed by atoms with Crippen LogP contribution >= 0.6 is 0 Å². The van der Waals surface area contributed by atoms with E-state index in [-0.39, 0.29) is 15.7 Å². The van der Waals surface area contributed by atoms with Gasteiger partial charge in [0.2, 0.25) is 0 Å². The molecule has 0 radical (unpaired) electrons. The smallest absolute Gasteiger partial charge is 0.121 e. The summed E-state index contributed by atoms with van der Waals surface area (Å²) in [6, 6.07) is 0. The number of hydroxylamine groups is 3. The van der Waals surface area contributed by atoms with Crippen LogP contribution < -0.4 is 0 Å². The van der Waals surface area contributed by atoms with Crippen molar-refractivity contribution in [3.05, 3.63) is 0 Å². The molecule has 0 aliphatic rings. The van der Waals surface area contributed by atoms with Gasteiger partial charge < -0.3 is 0 Å². The van der Waals surface area contributed by atoms with Crippen molar-refractivity contribution in [3.63, 3.8) is 0 Å². The maximum Gasteiger partial charge on any atom is 0.121 e. The van der Waals surface area contributed by atoms with Crippen molar-refractivity contribution in [1.29, 1.82) is 0 Å². The highest BCUT2D eigenvalue weighted by molar-refractivity contribution is 4.67. The van der Waals surface area contributed by atoms with Gasteiger partial charge in [0.1, 0.15) is 11.1 Å². The second-order valence-corrected chi connectivity index (χ2v) is 5.30. The van der Waals surface area contributed by atoms with Crippen molar-refractivity contribution in [3.8, 4) is 0 Å². The summed E-state index contributed by atoms with van der Waals surface area (Å²) in [5.74, 6) is 0. The highest BCUT2D eigenvalue weighted by Gasteiger charge is 2.45. The number of rotatable bonds is 0. The van der Waals surface area contributed by atoms with Gasteiger partial charge in [-0.05, 0) is 41.5 Å². The molecule has 0 aliphatic carbocycles. The van der Waals surface area contributed by atoms with Crippen molar-refractivity contribution in [2.75, 3.05) is 7.05 Å². The lowest BCUT2D eigenvalue weighted by molar-refractivity contribution is -1.15. The predicted molar refractivity (Wildman–Crippen MR) is 47.5 cm³/mol. The molecule has 0 bridgehead atoms. The number of hydrogen-bond donors (Lipinski definition) is 1. The van der Waals surface area contributed by atoms with E-state index in [0.717, 1.165) is 0 Å². The van der Waals surface area contributed by atoms with Crippen molar-refractivity contribution >= 4 is 0 Å². The highest BCUT2D eigenvalue weighted by atomic mass is 16.6. The number of hydrogen-bond acceptors (Lipinski definition) is 1. The molecule has 2 heteroatoms. The molecule has 0 spiro atoms. The minimum absolute atomic E-state index is 0.0417. The summed E-state index contributed by atoms with van der Waals surface area (Å²) in [7, 11) is 1.85. The molecule has 1 N–H and O–H groups in total. The van der Waals surface area contributed by atoms with E-state index in [1.54, 1.807) is 0 Å². The molecule has 2 nitrogen and oxygen atoms in total. The largest absolute Gasteiger partial charge is 0.216 e. The molecular weight excluding hydrogens is 138 g/mol. The van der Waals surface area contributed by atoms with Gasteiger partial charge in [0.05, 0.1) is 7.05 Å². The monoisotopic (exact) mass is 160 g/mol. The average molecular weight is 160 g/mol. The van der Waals surface area contributed by atoms with Gasteiger partial charge in [-0.25, -0.2) is 5.21 Å². The lowest BCUT2D eigenvalue weighted by Crippen LogP contribution is -2.64. The van der Waals surface area contributed by atoms with Crippen LogP contribution in [0.1, 0.15) is 41.5 Å². The van der Waals surface area contributed by atoms with Crippen LogP contribution in [0.25, 0.3) is 0 Å². The molecule has 11 heavy (non-hydrogen) atoms. The second-order valence-electron chi connectivity index (χ2n) is 5.30. The van der Waals surface area contributed by atoms with Crippen LogP contribution in [0.2, 0.25) is 0 Å². The summed E-state index contributed by atoms with van der Waals surface area (Å²) in [5.41, 5.74) is -0.253. The molecule has 0 unspecified atom stereocenters. The molecule has 0 rings (SSSR count). The quantitative estimate of drug-likeness (QED) is 0.426. The Balaban J connectivity index is 4.75. The van der Waals surface area contributed by atoms with E-state index in [0.29, 0.717) is 0 Å². The van der Waals surface area contributed by atoms with E-state index < -0.39 is 0 Å². The van der Waals surface area contributed by atoms with Crippen LogP contribution in [0.15, 0.2) is 0 Å². The maximum atomic E-state index is 10.1. The Labute approximate surface area is 70.4 Å². The Hall–Kier alpha value is -0.0800. The SMILES string of the molecule is CC(C)(C)[N+](C)(O)C(C)(C)C. The van der Waals surface area contributed by atoms with Gasteiger partial charge in [-0.2, -0.15) is 4.65 Å². The molecule has 0 aromatic carbocycles. The van der Waals surface area contributed by atoms with Crippen LogP contribution in [-0.2, 0) is 0 Å². The van der Waals surface area contributed by atoms with Gasteiger partial charge in [0, 0.05) is 0 Å². The van der Waals surface area contributed by atoms with Gasteiger partial charge in [-0.15, -0.1) is 0 Å². The Bertz CT molecular complexity index is 121. The fraction of sp³-hybridized carbons (Fsp3) is 1.00. The van der Waals surface area contributed by atoms with E-state index >= 15 is 0 Å². The molecule has 0 aromatic rings. The lowest BCUT2D eigenvalue weighted by Gasteiger charge is -2.47. The van der Waals surface area contributed by atoms with Gasteiger partial charge in [-0.1, -0.05) is 0 Å². The summed E-state index contributed by atoms with van der Waals surface area (Å²) in [4.78, 5) is 0. The molecule has 0 fully saturated rings. The van der Waals surface area contributed by atoms with E-state index in [4.69, 9.17) is 0 Å². The third-order valence-electron chi connectivity index (χ3n) is 2.61. The maximum absolute atomic E-state index is 10.1. The summed E-state index contributed by atoms with van der Waals surface area (Å²) >= 11 is 0. The van der Waals surface area contributed by atoms with Crippen molar-refractivity contribution in [2.45, 2.75) is 52.6 Å². The van der Waals surface area contributed by atoms with E-state index in [1.807, 2.05) is 48.6 Å². The van der Waals surface area contributed by atoms with Crippen LogP contribution in [-0.4, -0.2) is 28.0 Å². The lowest BCUT2D eigenvalue weighted by atomic mass is 9.96. The second kappa shape index (κ2) is 2.46. The van der Waals surface area contributed by atoms with Gasteiger partial charge in [-0.3, -0.25) is 0 Å². The Morgan fingerprint density at radius 3 is 1.00 bits per heavy atom. The molecule has 0 saturated heterocycles. The standard InChI is InChI=1S/C9H22NO/c1-8(2,3)10(7,11)9(4,5)6/h11H,1-7H3/q+1. The Morgan fingerprint density at radius 1 is 0.818 bits per heavy atom. The van der Waals surface area contributed by atoms with Crippen LogP contribution in [0.3, 0.4) is 0 Å². The summed E-state index contributed by atoms with van der Waals surface area (Å²) in [6.45, 7) is 12.2. The molecule has 0 heterocycles. The fourth-order valence-corrected chi connectivity index (χ4v) is 1.01.